The van der Waals surface area contributed by atoms with E-state index in [0.717, 1.165) is 38.0 Å². The highest BCUT2D eigenvalue weighted by Gasteiger charge is 2.19. The van der Waals surface area contributed by atoms with Crippen LogP contribution in [-0.2, 0) is 9.53 Å². The van der Waals surface area contributed by atoms with Crippen LogP contribution in [0.2, 0.25) is 0 Å². The SMILES string of the molecule is CCCC(CCC(C)C)C(=O)OCCCCCCCC(C)C. The molecule has 2 heteroatoms. The molecule has 1 unspecified atom stereocenters. The lowest BCUT2D eigenvalue weighted by Gasteiger charge is -2.16. The van der Waals surface area contributed by atoms with Gasteiger partial charge in [0.25, 0.3) is 0 Å². The third-order valence-electron chi connectivity index (χ3n) is 4.23. The molecule has 0 amide bonds. The summed E-state index contributed by atoms with van der Waals surface area (Å²) >= 11 is 0. The van der Waals surface area contributed by atoms with E-state index in [-0.39, 0.29) is 11.9 Å². The molecule has 0 radical (unpaired) electrons. The molecule has 22 heavy (non-hydrogen) atoms. The molecule has 0 aliphatic carbocycles. The number of carbonyl (C=O) groups excluding carboxylic acids is 1. The zero-order chi connectivity index (χ0) is 16.8. The van der Waals surface area contributed by atoms with Gasteiger partial charge in [-0.2, -0.15) is 0 Å². The third-order valence-corrected chi connectivity index (χ3v) is 4.23. The lowest BCUT2D eigenvalue weighted by molar-refractivity contribution is -0.149. The summed E-state index contributed by atoms with van der Waals surface area (Å²) in [6, 6.07) is 0. The molecule has 0 aromatic rings. The molecule has 0 aromatic heterocycles. The van der Waals surface area contributed by atoms with Crippen molar-refractivity contribution in [3.63, 3.8) is 0 Å². The maximum Gasteiger partial charge on any atom is 0.308 e. The minimum Gasteiger partial charge on any atom is -0.465 e. The number of esters is 1. The molecule has 0 saturated carbocycles. The fraction of sp³-hybridized carbons (Fsp3) is 0.950. The number of rotatable bonds is 14. The molecule has 0 aliphatic heterocycles. The number of ether oxygens (including phenoxy) is 1. The Labute approximate surface area is 139 Å². The van der Waals surface area contributed by atoms with Crippen molar-refractivity contribution in [2.45, 2.75) is 98.8 Å². The summed E-state index contributed by atoms with van der Waals surface area (Å²) in [4.78, 5) is 12.1. The average Bonchev–Trinajstić information content (AvgIpc) is 2.45. The summed E-state index contributed by atoms with van der Waals surface area (Å²) in [5.74, 6) is 1.65. The van der Waals surface area contributed by atoms with Crippen LogP contribution in [-0.4, -0.2) is 12.6 Å². The van der Waals surface area contributed by atoms with Crippen molar-refractivity contribution in [1.29, 1.82) is 0 Å². The maximum atomic E-state index is 12.1. The van der Waals surface area contributed by atoms with Crippen LogP contribution in [0.1, 0.15) is 98.8 Å². The van der Waals surface area contributed by atoms with Gasteiger partial charge in [0.15, 0.2) is 0 Å². The van der Waals surface area contributed by atoms with Crippen molar-refractivity contribution in [3.05, 3.63) is 0 Å². The summed E-state index contributed by atoms with van der Waals surface area (Å²) in [7, 11) is 0. The van der Waals surface area contributed by atoms with Gasteiger partial charge in [0.1, 0.15) is 0 Å². The van der Waals surface area contributed by atoms with E-state index in [4.69, 9.17) is 4.74 Å². The molecule has 1 atom stereocenters. The summed E-state index contributed by atoms with van der Waals surface area (Å²) in [6.07, 6.45) is 11.6. The van der Waals surface area contributed by atoms with Gasteiger partial charge in [0.05, 0.1) is 12.5 Å². The van der Waals surface area contributed by atoms with E-state index in [1.165, 1.54) is 32.1 Å². The first-order valence-electron chi connectivity index (χ1n) is 9.64. The van der Waals surface area contributed by atoms with Gasteiger partial charge >= 0.3 is 5.97 Å². The van der Waals surface area contributed by atoms with E-state index in [1.54, 1.807) is 0 Å². The quantitative estimate of drug-likeness (QED) is 0.275. The first kappa shape index (κ1) is 21.5. The van der Waals surface area contributed by atoms with Crippen molar-refractivity contribution >= 4 is 5.97 Å². The molecule has 0 bridgehead atoms. The number of unbranched alkanes of at least 4 members (excludes halogenated alkanes) is 4. The lowest BCUT2D eigenvalue weighted by atomic mass is 9.94. The second-order valence-electron chi connectivity index (χ2n) is 7.57. The fourth-order valence-electron chi connectivity index (χ4n) is 2.74. The van der Waals surface area contributed by atoms with Crippen LogP contribution in [0.3, 0.4) is 0 Å². The molecule has 2 nitrogen and oxygen atoms in total. The van der Waals surface area contributed by atoms with E-state index in [1.807, 2.05) is 0 Å². The average molecular weight is 313 g/mol. The summed E-state index contributed by atoms with van der Waals surface area (Å²) in [6.45, 7) is 11.8. The van der Waals surface area contributed by atoms with Gasteiger partial charge in [-0.25, -0.2) is 0 Å². The molecular formula is C20H40O2. The normalized spacial score (nSPS) is 12.9. The molecule has 0 fully saturated rings. The lowest BCUT2D eigenvalue weighted by Crippen LogP contribution is -2.19. The Balaban J connectivity index is 3.67. The van der Waals surface area contributed by atoms with Gasteiger partial charge in [-0.1, -0.05) is 79.6 Å². The van der Waals surface area contributed by atoms with E-state index in [9.17, 15) is 4.79 Å². The van der Waals surface area contributed by atoms with Crippen LogP contribution in [0.15, 0.2) is 0 Å². The first-order valence-corrected chi connectivity index (χ1v) is 9.64. The Morgan fingerprint density at radius 1 is 0.773 bits per heavy atom. The van der Waals surface area contributed by atoms with Crippen molar-refractivity contribution in [2.24, 2.45) is 17.8 Å². The number of carbonyl (C=O) groups is 1. The van der Waals surface area contributed by atoms with E-state index in [2.05, 4.69) is 34.6 Å². The van der Waals surface area contributed by atoms with E-state index in [0.29, 0.717) is 12.5 Å². The molecular weight excluding hydrogens is 272 g/mol. The Kier molecular flexibility index (Phi) is 13.7. The van der Waals surface area contributed by atoms with Crippen molar-refractivity contribution < 1.29 is 9.53 Å². The molecule has 0 heterocycles. The van der Waals surface area contributed by atoms with Crippen LogP contribution in [0, 0.1) is 17.8 Å². The van der Waals surface area contributed by atoms with Crippen LogP contribution in [0.4, 0.5) is 0 Å². The number of hydrogen-bond acceptors (Lipinski definition) is 2. The van der Waals surface area contributed by atoms with Gasteiger partial charge in [-0.15, -0.1) is 0 Å². The van der Waals surface area contributed by atoms with Crippen molar-refractivity contribution in [1.82, 2.24) is 0 Å². The van der Waals surface area contributed by atoms with Crippen LogP contribution >= 0.6 is 0 Å². The predicted octanol–water partition coefficient (Wildman–Crippen LogP) is 6.38. The summed E-state index contributed by atoms with van der Waals surface area (Å²) in [5, 5.41) is 0. The van der Waals surface area contributed by atoms with Crippen molar-refractivity contribution in [3.8, 4) is 0 Å². The molecule has 0 aromatic carbocycles. The highest BCUT2D eigenvalue weighted by atomic mass is 16.5. The third kappa shape index (κ3) is 13.2. The van der Waals surface area contributed by atoms with Gasteiger partial charge in [-0.05, 0) is 31.1 Å². The smallest absolute Gasteiger partial charge is 0.308 e. The molecule has 0 saturated heterocycles. The summed E-state index contributed by atoms with van der Waals surface area (Å²) < 4.78 is 5.49. The minimum absolute atomic E-state index is 0.0438. The number of hydrogen-bond donors (Lipinski definition) is 0. The van der Waals surface area contributed by atoms with Gasteiger partial charge in [0.2, 0.25) is 0 Å². The topological polar surface area (TPSA) is 26.3 Å². The van der Waals surface area contributed by atoms with Gasteiger partial charge in [-0.3, -0.25) is 4.79 Å². The van der Waals surface area contributed by atoms with Gasteiger partial charge in [0, 0.05) is 0 Å². The molecule has 0 N–H and O–H groups in total. The first-order chi connectivity index (χ1) is 10.5. The minimum atomic E-state index is 0.0438. The van der Waals surface area contributed by atoms with Crippen LogP contribution < -0.4 is 0 Å². The highest BCUT2D eigenvalue weighted by molar-refractivity contribution is 5.72. The Morgan fingerprint density at radius 2 is 1.36 bits per heavy atom. The summed E-state index contributed by atoms with van der Waals surface area (Å²) in [5.41, 5.74) is 0. The maximum absolute atomic E-state index is 12.1. The molecule has 0 spiro atoms. The highest BCUT2D eigenvalue weighted by Crippen LogP contribution is 2.19. The van der Waals surface area contributed by atoms with Crippen LogP contribution in [0.25, 0.3) is 0 Å². The van der Waals surface area contributed by atoms with Gasteiger partial charge < -0.3 is 4.74 Å². The molecule has 0 aliphatic rings. The fourth-order valence-corrected chi connectivity index (χ4v) is 2.74. The largest absolute Gasteiger partial charge is 0.465 e. The second-order valence-corrected chi connectivity index (χ2v) is 7.57. The Hall–Kier alpha value is -0.530. The Morgan fingerprint density at radius 3 is 1.95 bits per heavy atom. The standard InChI is InChI=1S/C20H40O2/c1-6-12-19(15-14-18(4)5)20(21)22-16-11-9-7-8-10-13-17(2)3/h17-19H,6-16H2,1-5H3. The second kappa shape index (κ2) is 14.1. The van der Waals surface area contributed by atoms with Crippen molar-refractivity contribution in [2.75, 3.05) is 6.61 Å². The van der Waals surface area contributed by atoms with Crippen LogP contribution in [0.5, 0.6) is 0 Å². The van der Waals surface area contributed by atoms with E-state index >= 15 is 0 Å². The van der Waals surface area contributed by atoms with E-state index < -0.39 is 0 Å². The Bertz CT molecular complexity index is 258. The zero-order valence-electron chi connectivity index (χ0n) is 15.8. The monoisotopic (exact) mass is 312 g/mol. The molecule has 0 rings (SSSR count). The zero-order valence-corrected chi connectivity index (χ0v) is 15.8. The predicted molar refractivity (Wildman–Crippen MR) is 96.0 cm³/mol. The molecule has 132 valence electrons.